The van der Waals surface area contributed by atoms with Crippen LogP contribution >= 0.6 is 0 Å². The van der Waals surface area contributed by atoms with Crippen LogP contribution in [0.25, 0.3) is 0 Å². The van der Waals surface area contributed by atoms with Crippen molar-refractivity contribution in [3.05, 3.63) is 0 Å². The normalized spacial score (nSPS) is 23.0. The smallest absolute Gasteiger partial charge is 0.243 e. The van der Waals surface area contributed by atoms with Crippen LogP contribution in [0, 0.1) is 16.7 Å². The molecule has 2 fully saturated rings. The fourth-order valence-corrected chi connectivity index (χ4v) is 3.93. The average Bonchev–Trinajstić information content (AvgIpc) is 2.79. The van der Waals surface area contributed by atoms with Gasteiger partial charge in [-0.2, -0.15) is 5.26 Å². The van der Waals surface area contributed by atoms with E-state index in [0.29, 0.717) is 19.4 Å². The molecule has 0 bridgehead atoms. The minimum Gasteiger partial charge on any atom is -0.395 e. The molecule has 0 atom stereocenters. The van der Waals surface area contributed by atoms with Gasteiger partial charge >= 0.3 is 0 Å². The SMILES string of the molecule is N#CC1(C(=O)N(CCO)C2CCCCC2)CCCCCC1. The Labute approximate surface area is 128 Å². The Balaban J connectivity index is 2.16. The molecule has 0 unspecified atom stereocenters. The first-order chi connectivity index (χ1) is 10.2. The summed E-state index contributed by atoms with van der Waals surface area (Å²) < 4.78 is 0. The Kier molecular flexibility index (Phi) is 6.05. The number of aliphatic hydroxyl groups excluding tert-OH is 1. The molecule has 2 aliphatic carbocycles. The third-order valence-electron chi connectivity index (χ3n) is 5.20. The molecule has 1 N–H and O–H groups in total. The molecular weight excluding hydrogens is 264 g/mol. The van der Waals surface area contributed by atoms with Gasteiger partial charge in [0.2, 0.25) is 5.91 Å². The molecule has 2 rings (SSSR count). The fraction of sp³-hybridized carbons (Fsp3) is 0.882. The lowest BCUT2D eigenvalue weighted by Gasteiger charge is -2.38. The van der Waals surface area contributed by atoms with Crippen molar-refractivity contribution in [3.63, 3.8) is 0 Å². The second-order valence-corrected chi connectivity index (χ2v) is 6.62. The summed E-state index contributed by atoms with van der Waals surface area (Å²) in [6, 6.07) is 2.59. The van der Waals surface area contributed by atoms with Gasteiger partial charge in [0.1, 0.15) is 5.41 Å². The number of hydrogen-bond acceptors (Lipinski definition) is 3. The van der Waals surface area contributed by atoms with E-state index < -0.39 is 5.41 Å². The lowest BCUT2D eigenvalue weighted by Crippen LogP contribution is -2.50. The fourth-order valence-electron chi connectivity index (χ4n) is 3.93. The Morgan fingerprint density at radius 1 is 1.10 bits per heavy atom. The zero-order valence-corrected chi connectivity index (χ0v) is 13.0. The molecule has 0 saturated heterocycles. The maximum atomic E-state index is 13.1. The summed E-state index contributed by atoms with van der Waals surface area (Å²) in [5.41, 5.74) is -0.830. The molecular formula is C17H28N2O2. The van der Waals surface area contributed by atoms with Crippen LogP contribution in [0.3, 0.4) is 0 Å². The molecule has 0 spiro atoms. The summed E-state index contributed by atoms with van der Waals surface area (Å²) >= 11 is 0. The molecule has 0 aromatic rings. The predicted octanol–water partition coefficient (Wildman–Crippen LogP) is 3.00. The highest BCUT2D eigenvalue weighted by molar-refractivity contribution is 5.85. The summed E-state index contributed by atoms with van der Waals surface area (Å²) in [6.45, 7) is 0.372. The van der Waals surface area contributed by atoms with Gasteiger partial charge in [-0.25, -0.2) is 0 Å². The first-order valence-electron chi connectivity index (χ1n) is 8.57. The lowest BCUT2D eigenvalue weighted by molar-refractivity contribution is -0.143. The van der Waals surface area contributed by atoms with Crippen LogP contribution in [0.1, 0.15) is 70.6 Å². The van der Waals surface area contributed by atoms with E-state index in [1.807, 2.05) is 4.90 Å². The first kappa shape index (κ1) is 16.3. The molecule has 4 nitrogen and oxygen atoms in total. The molecule has 0 radical (unpaired) electrons. The maximum absolute atomic E-state index is 13.1. The van der Waals surface area contributed by atoms with Crippen LogP contribution in [0.2, 0.25) is 0 Å². The van der Waals surface area contributed by atoms with E-state index in [2.05, 4.69) is 6.07 Å². The van der Waals surface area contributed by atoms with E-state index in [0.717, 1.165) is 51.4 Å². The second kappa shape index (κ2) is 7.79. The summed E-state index contributed by atoms with van der Waals surface area (Å²) in [4.78, 5) is 14.9. The van der Waals surface area contributed by atoms with Crippen LogP contribution in [-0.2, 0) is 4.79 Å². The van der Waals surface area contributed by atoms with Crippen molar-refractivity contribution in [2.24, 2.45) is 5.41 Å². The third kappa shape index (κ3) is 3.77. The Morgan fingerprint density at radius 3 is 2.19 bits per heavy atom. The summed E-state index contributed by atoms with van der Waals surface area (Å²) in [5.74, 6) is -0.00662. The van der Waals surface area contributed by atoms with Gasteiger partial charge < -0.3 is 10.0 Å². The molecule has 1 amide bonds. The van der Waals surface area contributed by atoms with Crippen molar-refractivity contribution < 1.29 is 9.90 Å². The molecule has 2 saturated carbocycles. The molecule has 0 aromatic heterocycles. The van der Waals surface area contributed by atoms with Crippen molar-refractivity contribution in [1.29, 1.82) is 5.26 Å². The Hall–Kier alpha value is -1.08. The molecule has 0 aromatic carbocycles. The van der Waals surface area contributed by atoms with Crippen molar-refractivity contribution in [3.8, 4) is 6.07 Å². The van der Waals surface area contributed by atoms with Gasteiger partial charge in [0, 0.05) is 12.6 Å². The number of amides is 1. The maximum Gasteiger partial charge on any atom is 0.243 e. The lowest BCUT2D eigenvalue weighted by atomic mass is 9.79. The van der Waals surface area contributed by atoms with Crippen molar-refractivity contribution >= 4 is 5.91 Å². The van der Waals surface area contributed by atoms with E-state index in [-0.39, 0.29) is 18.6 Å². The van der Waals surface area contributed by atoms with Crippen LogP contribution < -0.4 is 0 Å². The molecule has 0 heterocycles. The van der Waals surface area contributed by atoms with Gasteiger partial charge in [0.05, 0.1) is 12.7 Å². The van der Waals surface area contributed by atoms with Gasteiger partial charge in [-0.15, -0.1) is 0 Å². The van der Waals surface area contributed by atoms with E-state index in [1.165, 1.54) is 6.42 Å². The van der Waals surface area contributed by atoms with Gasteiger partial charge in [-0.3, -0.25) is 4.79 Å². The highest BCUT2D eigenvalue weighted by Crippen LogP contribution is 2.37. The Bertz CT molecular complexity index is 375. The van der Waals surface area contributed by atoms with Gasteiger partial charge in [0.25, 0.3) is 0 Å². The van der Waals surface area contributed by atoms with Gasteiger partial charge in [-0.05, 0) is 25.7 Å². The topological polar surface area (TPSA) is 64.3 Å². The number of rotatable bonds is 4. The number of aliphatic hydroxyl groups is 1. The monoisotopic (exact) mass is 292 g/mol. The van der Waals surface area contributed by atoms with Crippen LogP contribution in [-0.4, -0.2) is 35.1 Å². The minimum atomic E-state index is -0.830. The number of nitrogens with zero attached hydrogens (tertiary/aromatic N) is 2. The van der Waals surface area contributed by atoms with E-state index in [4.69, 9.17) is 0 Å². The van der Waals surface area contributed by atoms with Crippen molar-refractivity contribution in [2.75, 3.05) is 13.2 Å². The van der Waals surface area contributed by atoms with Gasteiger partial charge in [0.15, 0.2) is 0 Å². The van der Waals surface area contributed by atoms with E-state index in [9.17, 15) is 15.2 Å². The summed E-state index contributed by atoms with van der Waals surface area (Å²) in [6.07, 6.45) is 11.2. The Morgan fingerprint density at radius 2 is 1.67 bits per heavy atom. The van der Waals surface area contributed by atoms with E-state index in [1.54, 1.807) is 0 Å². The first-order valence-corrected chi connectivity index (χ1v) is 8.57. The zero-order valence-electron chi connectivity index (χ0n) is 13.0. The van der Waals surface area contributed by atoms with Crippen LogP contribution in [0.5, 0.6) is 0 Å². The molecule has 2 aliphatic rings. The number of hydrogen-bond donors (Lipinski definition) is 1. The largest absolute Gasteiger partial charge is 0.395 e. The third-order valence-corrected chi connectivity index (χ3v) is 5.20. The molecule has 118 valence electrons. The van der Waals surface area contributed by atoms with Crippen molar-refractivity contribution in [2.45, 2.75) is 76.7 Å². The molecule has 0 aliphatic heterocycles. The predicted molar refractivity (Wildman–Crippen MR) is 81.4 cm³/mol. The van der Waals surface area contributed by atoms with Crippen molar-refractivity contribution in [1.82, 2.24) is 4.90 Å². The number of carbonyl (C=O) groups excluding carboxylic acids is 1. The highest BCUT2D eigenvalue weighted by Gasteiger charge is 2.43. The average molecular weight is 292 g/mol. The van der Waals surface area contributed by atoms with Gasteiger partial charge in [-0.1, -0.05) is 44.9 Å². The molecule has 4 heteroatoms. The van der Waals surface area contributed by atoms with Crippen LogP contribution in [0.15, 0.2) is 0 Å². The van der Waals surface area contributed by atoms with E-state index >= 15 is 0 Å². The zero-order chi connectivity index (χ0) is 15.1. The quantitative estimate of drug-likeness (QED) is 0.810. The summed E-state index contributed by atoms with van der Waals surface area (Å²) in [7, 11) is 0. The standard InChI is InChI=1S/C17H28N2O2/c18-14-17(10-6-1-2-7-11-17)16(21)19(12-13-20)15-8-4-3-5-9-15/h15,20H,1-13H2. The highest BCUT2D eigenvalue weighted by atomic mass is 16.3. The van der Waals surface area contributed by atoms with Crippen LogP contribution in [0.4, 0.5) is 0 Å². The minimum absolute atomic E-state index is 0.00662. The molecule has 21 heavy (non-hydrogen) atoms. The number of nitriles is 1. The number of carbonyl (C=O) groups is 1. The summed E-state index contributed by atoms with van der Waals surface area (Å²) in [5, 5.41) is 19.0. The second-order valence-electron chi connectivity index (χ2n) is 6.62.